The van der Waals surface area contributed by atoms with Gasteiger partial charge in [0.2, 0.25) is 0 Å². The molecule has 0 saturated heterocycles. The molecular weight excluding hydrogens is 238 g/mol. The number of anilines is 2. The van der Waals surface area contributed by atoms with Crippen molar-refractivity contribution >= 4 is 17.3 Å². The highest BCUT2D eigenvalue weighted by molar-refractivity contribution is 5.99. The van der Waals surface area contributed by atoms with Crippen molar-refractivity contribution in [2.45, 2.75) is 6.54 Å². The SMILES string of the molecule is CN(Cc1ccccc1)c1ccc(N)c(C(N)=O)c1. The van der Waals surface area contributed by atoms with Gasteiger partial charge in [-0.15, -0.1) is 0 Å². The summed E-state index contributed by atoms with van der Waals surface area (Å²) in [6.07, 6.45) is 0. The summed E-state index contributed by atoms with van der Waals surface area (Å²) in [5.74, 6) is -0.507. The van der Waals surface area contributed by atoms with Gasteiger partial charge in [0.05, 0.1) is 5.56 Å². The first-order valence-corrected chi connectivity index (χ1v) is 6.02. The number of amides is 1. The van der Waals surface area contributed by atoms with Gasteiger partial charge in [0, 0.05) is 25.0 Å². The topological polar surface area (TPSA) is 72.3 Å². The Kier molecular flexibility index (Phi) is 3.71. The van der Waals surface area contributed by atoms with Crippen molar-refractivity contribution in [3.05, 3.63) is 59.7 Å². The predicted octanol–water partition coefficient (Wildman–Crippen LogP) is 2.00. The first-order chi connectivity index (χ1) is 9.08. The van der Waals surface area contributed by atoms with E-state index in [0.29, 0.717) is 11.3 Å². The van der Waals surface area contributed by atoms with Gasteiger partial charge in [-0.1, -0.05) is 30.3 Å². The van der Waals surface area contributed by atoms with Crippen molar-refractivity contribution in [1.82, 2.24) is 0 Å². The maximum Gasteiger partial charge on any atom is 0.250 e. The highest BCUT2D eigenvalue weighted by Crippen LogP contribution is 2.21. The average molecular weight is 255 g/mol. The van der Waals surface area contributed by atoms with Crippen LogP contribution in [0, 0.1) is 0 Å². The van der Waals surface area contributed by atoms with E-state index in [-0.39, 0.29) is 0 Å². The van der Waals surface area contributed by atoms with Crippen LogP contribution in [0.4, 0.5) is 11.4 Å². The second-order valence-electron chi connectivity index (χ2n) is 4.48. The number of nitrogens with two attached hydrogens (primary N) is 2. The minimum atomic E-state index is -0.507. The lowest BCUT2D eigenvalue weighted by molar-refractivity contribution is 0.100. The molecule has 0 unspecified atom stereocenters. The van der Waals surface area contributed by atoms with Crippen LogP contribution in [-0.2, 0) is 6.54 Å². The molecule has 0 bridgehead atoms. The number of nitrogens with zero attached hydrogens (tertiary/aromatic N) is 1. The Morgan fingerprint density at radius 2 is 1.84 bits per heavy atom. The maximum absolute atomic E-state index is 11.3. The van der Waals surface area contributed by atoms with E-state index in [9.17, 15) is 4.79 Å². The van der Waals surface area contributed by atoms with Gasteiger partial charge in [0.1, 0.15) is 0 Å². The molecule has 98 valence electrons. The fraction of sp³-hybridized carbons (Fsp3) is 0.133. The Balaban J connectivity index is 2.22. The van der Waals surface area contributed by atoms with E-state index in [0.717, 1.165) is 12.2 Å². The largest absolute Gasteiger partial charge is 0.398 e. The zero-order valence-corrected chi connectivity index (χ0v) is 10.8. The first-order valence-electron chi connectivity index (χ1n) is 6.02. The zero-order valence-electron chi connectivity index (χ0n) is 10.8. The van der Waals surface area contributed by atoms with E-state index >= 15 is 0 Å². The monoisotopic (exact) mass is 255 g/mol. The third-order valence-corrected chi connectivity index (χ3v) is 3.01. The molecule has 0 spiro atoms. The summed E-state index contributed by atoms with van der Waals surface area (Å²) >= 11 is 0. The quantitative estimate of drug-likeness (QED) is 0.821. The molecule has 2 aromatic rings. The lowest BCUT2D eigenvalue weighted by atomic mass is 10.1. The van der Waals surface area contributed by atoms with Gasteiger partial charge in [-0.05, 0) is 23.8 Å². The fourth-order valence-corrected chi connectivity index (χ4v) is 1.94. The summed E-state index contributed by atoms with van der Waals surface area (Å²) in [4.78, 5) is 13.3. The lowest BCUT2D eigenvalue weighted by Gasteiger charge is -2.20. The molecule has 0 aliphatic rings. The molecule has 0 aromatic heterocycles. The molecule has 1 amide bonds. The molecule has 0 heterocycles. The van der Waals surface area contributed by atoms with Crippen LogP contribution in [0.1, 0.15) is 15.9 Å². The average Bonchev–Trinajstić information content (AvgIpc) is 2.40. The fourth-order valence-electron chi connectivity index (χ4n) is 1.94. The highest BCUT2D eigenvalue weighted by atomic mass is 16.1. The number of rotatable bonds is 4. The van der Waals surface area contributed by atoms with Crippen LogP contribution in [-0.4, -0.2) is 13.0 Å². The minimum absolute atomic E-state index is 0.359. The van der Waals surface area contributed by atoms with Gasteiger partial charge in [-0.2, -0.15) is 0 Å². The van der Waals surface area contributed by atoms with Crippen LogP contribution in [0.2, 0.25) is 0 Å². The van der Waals surface area contributed by atoms with Crippen molar-refractivity contribution in [3.63, 3.8) is 0 Å². The minimum Gasteiger partial charge on any atom is -0.398 e. The predicted molar refractivity (Wildman–Crippen MR) is 77.9 cm³/mol. The van der Waals surface area contributed by atoms with Gasteiger partial charge in [0.25, 0.3) is 5.91 Å². The molecular formula is C15H17N3O. The number of primary amides is 1. The molecule has 0 radical (unpaired) electrons. The number of carbonyl (C=O) groups excluding carboxylic acids is 1. The smallest absolute Gasteiger partial charge is 0.250 e. The molecule has 2 rings (SSSR count). The molecule has 0 atom stereocenters. The first kappa shape index (κ1) is 13.0. The van der Waals surface area contributed by atoms with Gasteiger partial charge >= 0.3 is 0 Å². The van der Waals surface area contributed by atoms with E-state index < -0.39 is 5.91 Å². The third-order valence-electron chi connectivity index (χ3n) is 3.01. The molecule has 0 aliphatic carbocycles. The molecule has 2 aromatic carbocycles. The lowest BCUT2D eigenvalue weighted by Crippen LogP contribution is -2.19. The summed E-state index contributed by atoms with van der Waals surface area (Å²) in [7, 11) is 1.96. The Morgan fingerprint density at radius 1 is 1.16 bits per heavy atom. The Morgan fingerprint density at radius 3 is 2.47 bits per heavy atom. The summed E-state index contributed by atoms with van der Waals surface area (Å²) in [6, 6.07) is 15.4. The standard InChI is InChI=1S/C15H17N3O/c1-18(10-11-5-3-2-4-6-11)12-7-8-14(16)13(9-12)15(17)19/h2-9H,10,16H2,1H3,(H2,17,19). The molecule has 19 heavy (non-hydrogen) atoms. The number of nitrogen functional groups attached to an aromatic ring is 1. The number of carbonyl (C=O) groups is 1. The van der Waals surface area contributed by atoms with Crippen LogP contribution in [0.3, 0.4) is 0 Å². The van der Waals surface area contributed by atoms with Crippen molar-refractivity contribution in [2.75, 3.05) is 17.7 Å². The number of benzene rings is 2. The molecule has 4 nitrogen and oxygen atoms in total. The molecule has 0 fully saturated rings. The van der Waals surface area contributed by atoms with E-state index in [1.807, 2.05) is 36.2 Å². The summed E-state index contributed by atoms with van der Waals surface area (Å²) < 4.78 is 0. The van der Waals surface area contributed by atoms with Gasteiger partial charge in [0.15, 0.2) is 0 Å². The van der Waals surface area contributed by atoms with Crippen molar-refractivity contribution in [1.29, 1.82) is 0 Å². The van der Waals surface area contributed by atoms with Crippen LogP contribution in [0.25, 0.3) is 0 Å². The Bertz CT molecular complexity index is 581. The highest BCUT2D eigenvalue weighted by Gasteiger charge is 2.09. The van der Waals surface area contributed by atoms with E-state index in [1.165, 1.54) is 5.56 Å². The maximum atomic E-state index is 11.3. The molecule has 4 heteroatoms. The van der Waals surface area contributed by atoms with E-state index in [4.69, 9.17) is 11.5 Å². The Hall–Kier alpha value is -2.49. The second-order valence-corrected chi connectivity index (χ2v) is 4.48. The Labute approximate surface area is 112 Å². The molecule has 0 aliphatic heterocycles. The van der Waals surface area contributed by atoms with Crippen LogP contribution in [0.5, 0.6) is 0 Å². The van der Waals surface area contributed by atoms with Crippen LogP contribution >= 0.6 is 0 Å². The molecule has 0 saturated carbocycles. The second kappa shape index (κ2) is 5.44. The summed E-state index contributed by atoms with van der Waals surface area (Å²) in [5.41, 5.74) is 13.9. The zero-order chi connectivity index (χ0) is 13.8. The van der Waals surface area contributed by atoms with Crippen LogP contribution < -0.4 is 16.4 Å². The van der Waals surface area contributed by atoms with E-state index in [1.54, 1.807) is 12.1 Å². The van der Waals surface area contributed by atoms with Gasteiger partial charge in [-0.3, -0.25) is 4.79 Å². The van der Waals surface area contributed by atoms with Gasteiger partial charge in [-0.25, -0.2) is 0 Å². The third kappa shape index (κ3) is 3.04. The van der Waals surface area contributed by atoms with Crippen molar-refractivity contribution in [2.24, 2.45) is 5.73 Å². The van der Waals surface area contributed by atoms with Crippen molar-refractivity contribution in [3.8, 4) is 0 Å². The normalized spacial score (nSPS) is 10.2. The summed E-state index contributed by atoms with van der Waals surface area (Å²) in [6.45, 7) is 0.753. The molecule has 4 N–H and O–H groups in total. The van der Waals surface area contributed by atoms with Crippen molar-refractivity contribution < 1.29 is 4.79 Å². The van der Waals surface area contributed by atoms with Crippen LogP contribution in [0.15, 0.2) is 48.5 Å². The summed E-state index contributed by atoms with van der Waals surface area (Å²) in [5, 5.41) is 0. The number of hydrogen-bond acceptors (Lipinski definition) is 3. The van der Waals surface area contributed by atoms with Gasteiger partial charge < -0.3 is 16.4 Å². The number of hydrogen-bond donors (Lipinski definition) is 2. The van der Waals surface area contributed by atoms with E-state index in [2.05, 4.69) is 12.1 Å².